The molecule has 22 heavy (non-hydrogen) atoms. The molecule has 0 heterocycles. The van der Waals surface area contributed by atoms with Gasteiger partial charge in [-0.15, -0.1) is 0 Å². The highest BCUT2D eigenvalue weighted by Gasteiger charge is 2.37. The molecule has 0 saturated heterocycles. The van der Waals surface area contributed by atoms with Crippen molar-refractivity contribution in [1.29, 1.82) is 0 Å². The maximum absolute atomic E-state index is 12.2. The van der Waals surface area contributed by atoms with Crippen LogP contribution in [0.25, 0.3) is 0 Å². The number of carbonyl (C=O) groups excluding carboxylic acids is 1. The molecule has 0 spiro atoms. The van der Waals surface area contributed by atoms with Gasteiger partial charge >= 0.3 is 5.97 Å². The number of carboxylic acids is 1. The average Bonchev–Trinajstić information content (AvgIpc) is 2.69. The zero-order valence-electron chi connectivity index (χ0n) is 12.5. The summed E-state index contributed by atoms with van der Waals surface area (Å²) in [6, 6.07) is 12.3. The number of para-hydroxylation sites is 1. The molecule has 4 heteroatoms. The number of ketones is 1. The largest absolute Gasteiger partial charge is 0.478 e. The van der Waals surface area contributed by atoms with Crippen molar-refractivity contribution < 1.29 is 14.7 Å². The number of nitrogens with one attached hydrogen (secondary N) is 1. The number of anilines is 2. The molecule has 0 saturated carbocycles. The standard InChI is InChI=1S/C18H17NO3/c1-18(2)10-11-9-12(7-8-13(11)16(18)20)19-15-6-4-3-5-14(15)17(21)22/h3-9,19H,10H2,1-2H3,(H,21,22). The van der Waals surface area contributed by atoms with Crippen LogP contribution in [0.4, 0.5) is 11.4 Å². The van der Waals surface area contributed by atoms with E-state index in [1.807, 2.05) is 32.0 Å². The lowest BCUT2D eigenvalue weighted by atomic mass is 9.89. The first-order valence-electron chi connectivity index (χ1n) is 7.15. The van der Waals surface area contributed by atoms with Gasteiger partial charge in [0.2, 0.25) is 0 Å². The minimum atomic E-state index is -0.972. The van der Waals surface area contributed by atoms with Gasteiger partial charge in [0.15, 0.2) is 5.78 Å². The highest BCUT2D eigenvalue weighted by molar-refractivity contribution is 6.05. The van der Waals surface area contributed by atoms with Crippen molar-refractivity contribution in [2.24, 2.45) is 5.41 Å². The van der Waals surface area contributed by atoms with Crippen LogP contribution >= 0.6 is 0 Å². The van der Waals surface area contributed by atoms with Gasteiger partial charge in [-0.2, -0.15) is 0 Å². The summed E-state index contributed by atoms with van der Waals surface area (Å²) in [5, 5.41) is 12.4. The van der Waals surface area contributed by atoms with E-state index in [0.29, 0.717) is 12.1 Å². The molecule has 2 aromatic rings. The molecule has 0 bridgehead atoms. The maximum atomic E-state index is 12.2. The van der Waals surface area contributed by atoms with Gasteiger partial charge in [0.25, 0.3) is 0 Å². The van der Waals surface area contributed by atoms with Crippen molar-refractivity contribution in [3.63, 3.8) is 0 Å². The molecule has 1 aliphatic carbocycles. The summed E-state index contributed by atoms with van der Waals surface area (Å²) in [5.74, 6) is -0.805. The number of carboxylic acid groups (broad SMARTS) is 1. The molecular weight excluding hydrogens is 278 g/mol. The van der Waals surface area contributed by atoms with E-state index in [1.54, 1.807) is 24.3 Å². The van der Waals surface area contributed by atoms with Crippen molar-refractivity contribution in [1.82, 2.24) is 0 Å². The Morgan fingerprint density at radius 1 is 1.18 bits per heavy atom. The second-order valence-corrected chi connectivity index (χ2v) is 6.24. The smallest absolute Gasteiger partial charge is 0.337 e. The number of fused-ring (bicyclic) bond motifs is 1. The Bertz CT molecular complexity index is 778. The number of Topliss-reactive ketones (excluding diaryl/α,β-unsaturated/α-hetero) is 1. The second kappa shape index (κ2) is 4.98. The van der Waals surface area contributed by atoms with E-state index in [2.05, 4.69) is 5.32 Å². The maximum Gasteiger partial charge on any atom is 0.337 e. The Morgan fingerprint density at radius 3 is 2.64 bits per heavy atom. The fourth-order valence-corrected chi connectivity index (χ4v) is 2.89. The Kier molecular flexibility index (Phi) is 3.24. The van der Waals surface area contributed by atoms with Crippen molar-refractivity contribution in [3.05, 3.63) is 59.2 Å². The first-order chi connectivity index (χ1) is 10.4. The van der Waals surface area contributed by atoms with Gasteiger partial charge in [-0.25, -0.2) is 4.79 Å². The lowest BCUT2D eigenvalue weighted by Crippen LogP contribution is -2.18. The summed E-state index contributed by atoms with van der Waals surface area (Å²) in [6.07, 6.45) is 0.706. The molecule has 0 radical (unpaired) electrons. The van der Waals surface area contributed by atoms with Crippen LogP contribution < -0.4 is 5.32 Å². The third kappa shape index (κ3) is 2.37. The van der Waals surface area contributed by atoms with Crippen LogP contribution in [0.1, 0.15) is 40.1 Å². The van der Waals surface area contributed by atoms with Gasteiger partial charge in [0.1, 0.15) is 0 Å². The first-order valence-corrected chi connectivity index (χ1v) is 7.15. The van der Waals surface area contributed by atoms with Crippen LogP contribution in [0.3, 0.4) is 0 Å². The monoisotopic (exact) mass is 295 g/mol. The number of rotatable bonds is 3. The SMILES string of the molecule is CC1(C)Cc2cc(Nc3ccccc3C(=O)O)ccc2C1=O. The molecule has 0 aromatic heterocycles. The Labute approximate surface area is 128 Å². The van der Waals surface area contributed by atoms with E-state index in [9.17, 15) is 14.7 Å². The number of aromatic carboxylic acids is 1. The van der Waals surface area contributed by atoms with Gasteiger partial charge in [0.05, 0.1) is 11.3 Å². The summed E-state index contributed by atoms with van der Waals surface area (Å²) < 4.78 is 0. The summed E-state index contributed by atoms with van der Waals surface area (Å²) in [6.45, 7) is 3.89. The first kappa shape index (κ1) is 14.3. The summed E-state index contributed by atoms with van der Waals surface area (Å²) in [7, 11) is 0. The molecule has 3 rings (SSSR count). The summed E-state index contributed by atoms with van der Waals surface area (Å²) in [4.78, 5) is 23.5. The van der Waals surface area contributed by atoms with Gasteiger partial charge < -0.3 is 10.4 Å². The molecule has 4 nitrogen and oxygen atoms in total. The van der Waals surface area contributed by atoms with Crippen LogP contribution in [0.2, 0.25) is 0 Å². The molecular formula is C18H17NO3. The van der Waals surface area contributed by atoms with Crippen molar-refractivity contribution in [2.75, 3.05) is 5.32 Å². The lowest BCUT2D eigenvalue weighted by molar-refractivity contribution is 0.0697. The predicted molar refractivity (Wildman–Crippen MR) is 84.9 cm³/mol. The highest BCUT2D eigenvalue weighted by atomic mass is 16.4. The topological polar surface area (TPSA) is 66.4 Å². The minimum Gasteiger partial charge on any atom is -0.478 e. The molecule has 2 aromatic carbocycles. The fraction of sp³-hybridized carbons (Fsp3) is 0.222. The summed E-state index contributed by atoms with van der Waals surface area (Å²) in [5.41, 5.74) is 2.96. The molecule has 1 aliphatic rings. The number of hydrogen-bond acceptors (Lipinski definition) is 3. The van der Waals surface area contributed by atoms with E-state index in [-0.39, 0.29) is 16.8 Å². The third-order valence-corrected chi connectivity index (χ3v) is 4.03. The van der Waals surface area contributed by atoms with Crippen LogP contribution in [-0.2, 0) is 6.42 Å². The third-order valence-electron chi connectivity index (χ3n) is 4.03. The second-order valence-electron chi connectivity index (χ2n) is 6.24. The lowest BCUT2D eigenvalue weighted by Gasteiger charge is -2.13. The van der Waals surface area contributed by atoms with Crippen molar-refractivity contribution in [3.8, 4) is 0 Å². The summed E-state index contributed by atoms with van der Waals surface area (Å²) >= 11 is 0. The number of benzene rings is 2. The fourth-order valence-electron chi connectivity index (χ4n) is 2.89. The Hall–Kier alpha value is -2.62. The number of hydrogen-bond donors (Lipinski definition) is 2. The number of carbonyl (C=O) groups is 2. The van der Waals surface area contributed by atoms with Gasteiger partial charge in [-0.05, 0) is 42.3 Å². The molecule has 112 valence electrons. The van der Waals surface area contributed by atoms with Crippen LogP contribution in [-0.4, -0.2) is 16.9 Å². The van der Waals surface area contributed by atoms with Crippen molar-refractivity contribution >= 4 is 23.1 Å². The van der Waals surface area contributed by atoms with E-state index in [1.165, 1.54) is 0 Å². The zero-order valence-corrected chi connectivity index (χ0v) is 12.5. The van der Waals surface area contributed by atoms with E-state index >= 15 is 0 Å². The molecule has 0 unspecified atom stereocenters. The van der Waals surface area contributed by atoms with E-state index in [0.717, 1.165) is 16.8 Å². The minimum absolute atomic E-state index is 0.167. The molecule has 0 fully saturated rings. The quantitative estimate of drug-likeness (QED) is 0.901. The molecule has 0 amide bonds. The van der Waals surface area contributed by atoms with E-state index in [4.69, 9.17) is 0 Å². The Morgan fingerprint density at radius 2 is 1.91 bits per heavy atom. The van der Waals surface area contributed by atoms with Gasteiger partial charge in [-0.3, -0.25) is 4.79 Å². The van der Waals surface area contributed by atoms with Crippen molar-refractivity contribution in [2.45, 2.75) is 20.3 Å². The van der Waals surface area contributed by atoms with E-state index < -0.39 is 5.97 Å². The van der Waals surface area contributed by atoms with Gasteiger partial charge in [0, 0.05) is 16.7 Å². The van der Waals surface area contributed by atoms with Crippen LogP contribution in [0, 0.1) is 5.41 Å². The molecule has 2 N–H and O–H groups in total. The zero-order chi connectivity index (χ0) is 15.9. The van der Waals surface area contributed by atoms with Crippen LogP contribution in [0.15, 0.2) is 42.5 Å². The van der Waals surface area contributed by atoms with Crippen LogP contribution in [0.5, 0.6) is 0 Å². The average molecular weight is 295 g/mol. The molecule has 0 aliphatic heterocycles. The Balaban J connectivity index is 1.94. The molecule has 0 atom stereocenters. The van der Waals surface area contributed by atoms with Gasteiger partial charge in [-0.1, -0.05) is 26.0 Å². The normalized spacial score (nSPS) is 15.5. The predicted octanol–water partition coefficient (Wildman–Crippen LogP) is 3.89. The highest BCUT2D eigenvalue weighted by Crippen LogP contribution is 2.37.